The van der Waals surface area contributed by atoms with E-state index in [1.54, 1.807) is 0 Å². The minimum absolute atomic E-state index is 0. The lowest BCUT2D eigenvalue weighted by atomic mass is 10.4. The molecule has 0 heterocycles. The van der Waals surface area contributed by atoms with Crippen molar-refractivity contribution in [3.8, 4) is 0 Å². The molecule has 0 atom stereocenters. The van der Waals surface area contributed by atoms with Crippen LogP contribution >= 0.6 is 0 Å². The smallest absolute Gasteiger partial charge is 0.246 e. The van der Waals surface area contributed by atoms with Crippen molar-refractivity contribution < 1.29 is 29.9 Å². The quantitative estimate of drug-likeness (QED) is 0.375. The second-order valence-electron chi connectivity index (χ2n) is 4.79. The summed E-state index contributed by atoms with van der Waals surface area (Å²) in [6.45, 7) is 13.7. The number of nitrogens with one attached hydrogen (secondary N) is 1. The van der Waals surface area contributed by atoms with E-state index in [1.807, 2.05) is 20.8 Å². The van der Waals surface area contributed by atoms with Gasteiger partial charge in [0.15, 0.2) is 0 Å². The molecule has 0 aliphatic rings. The van der Waals surface area contributed by atoms with Gasteiger partial charge in [-0.1, -0.05) is 27.2 Å². The van der Waals surface area contributed by atoms with E-state index in [2.05, 4.69) is 12.2 Å². The van der Waals surface area contributed by atoms with Gasteiger partial charge in [-0.25, -0.2) is 0 Å². The van der Waals surface area contributed by atoms with Crippen molar-refractivity contribution in [1.82, 2.24) is 5.32 Å². The predicted octanol–water partition coefficient (Wildman–Crippen LogP) is 2.28. The first-order valence-corrected chi connectivity index (χ1v) is 9.46. The fraction of sp³-hybridized carbons (Fsp3) is 0.944. The molecule has 1 N–H and O–H groups in total. The van der Waals surface area contributed by atoms with Crippen LogP contribution in [0.3, 0.4) is 0 Å². The summed E-state index contributed by atoms with van der Waals surface area (Å²) in [6, 6.07) is 0. The van der Waals surface area contributed by atoms with Crippen molar-refractivity contribution in [3.63, 3.8) is 0 Å². The number of carbonyl (C=O) groups is 1. The van der Waals surface area contributed by atoms with Gasteiger partial charge in [0, 0.05) is 21.2 Å². The first kappa shape index (κ1) is 26.5. The van der Waals surface area contributed by atoms with Crippen LogP contribution in [0.4, 0.5) is 0 Å². The van der Waals surface area contributed by atoms with Gasteiger partial charge in [-0.15, -0.1) is 0 Å². The highest BCUT2D eigenvalue weighted by Gasteiger charge is 2.00. The van der Waals surface area contributed by atoms with Crippen molar-refractivity contribution in [2.75, 3.05) is 72.6 Å². The van der Waals surface area contributed by atoms with Crippen LogP contribution in [-0.2, 0) is 28.5 Å². The van der Waals surface area contributed by atoms with Crippen molar-refractivity contribution >= 4 is 5.91 Å². The summed E-state index contributed by atoms with van der Waals surface area (Å²) >= 11 is 0. The highest BCUT2D eigenvalue weighted by Crippen LogP contribution is 1.87. The molecule has 154 valence electrons. The van der Waals surface area contributed by atoms with Crippen molar-refractivity contribution in [3.05, 3.63) is 0 Å². The molecule has 0 bridgehead atoms. The molecular formula is C18H41NO6. The summed E-state index contributed by atoms with van der Waals surface area (Å²) in [4.78, 5) is 11.4. The molecule has 25 heavy (non-hydrogen) atoms. The fourth-order valence-electron chi connectivity index (χ4n) is 1.53. The third kappa shape index (κ3) is 25.6. The van der Waals surface area contributed by atoms with Gasteiger partial charge in [-0.3, -0.25) is 4.79 Å². The number of unbranched alkanes of at least 4 members (excludes halogenated alkanes) is 1. The normalized spacial score (nSPS) is 10.2. The van der Waals surface area contributed by atoms with Crippen LogP contribution in [0.5, 0.6) is 0 Å². The Bertz CT molecular complexity index is 260. The number of amides is 1. The average Bonchev–Trinajstić information content (AvgIpc) is 2.64. The second-order valence-corrected chi connectivity index (χ2v) is 4.79. The number of hydrogen-bond donors (Lipinski definition) is 1. The maximum atomic E-state index is 11.4. The van der Waals surface area contributed by atoms with Gasteiger partial charge in [-0.2, -0.15) is 0 Å². The second kappa shape index (κ2) is 25.5. The maximum Gasteiger partial charge on any atom is 0.246 e. The van der Waals surface area contributed by atoms with Gasteiger partial charge in [0.05, 0.1) is 46.2 Å². The topological polar surface area (TPSA) is 75.3 Å². The molecule has 0 fully saturated rings. The SMILES string of the molecule is CC.CCCCOCCOCCNC(=O)COCCOCCOCC.[HH]. The van der Waals surface area contributed by atoms with E-state index < -0.39 is 0 Å². The summed E-state index contributed by atoms with van der Waals surface area (Å²) in [5.41, 5.74) is 0. The zero-order valence-corrected chi connectivity index (χ0v) is 16.6. The van der Waals surface area contributed by atoms with E-state index >= 15 is 0 Å². The van der Waals surface area contributed by atoms with Gasteiger partial charge in [0.2, 0.25) is 5.91 Å². The third-order valence-corrected chi connectivity index (χ3v) is 2.76. The molecule has 0 aliphatic carbocycles. The average molecular weight is 368 g/mol. The van der Waals surface area contributed by atoms with Crippen molar-refractivity contribution in [2.24, 2.45) is 0 Å². The van der Waals surface area contributed by atoms with Crippen molar-refractivity contribution in [2.45, 2.75) is 40.5 Å². The van der Waals surface area contributed by atoms with Gasteiger partial charge in [0.1, 0.15) is 6.61 Å². The molecule has 7 nitrogen and oxygen atoms in total. The van der Waals surface area contributed by atoms with E-state index in [-0.39, 0.29) is 13.9 Å². The first-order chi connectivity index (χ1) is 12.3. The molecular weight excluding hydrogens is 326 g/mol. The molecule has 0 aromatic carbocycles. The highest BCUT2D eigenvalue weighted by atomic mass is 16.5. The summed E-state index contributed by atoms with van der Waals surface area (Å²) in [5.74, 6) is -0.151. The van der Waals surface area contributed by atoms with Crippen LogP contribution in [0.25, 0.3) is 0 Å². The first-order valence-electron chi connectivity index (χ1n) is 9.46. The molecule has 0 radical (unpaired) electrons. The monoisotopic (exact) mass is 367 g/mol. The lowest BCUT2D eigenvalue weighted by molar-refractivity contribution is -0.126. The lowest BCUT2D eigenvalue weighted by Crippen LogP contribution is -2.31. The van der Waals surface area contributed by atoms with Crippen LogP contribution in [0.15, 0.2) is 0 Å². The summed E-state index contributed by atoms with van der Waals surface area (Å²) < 4.78 is 26.3. The number of hydrogen-bond acceptors (Lipinski definition) is 6. The fourth-order valence-corrected chi connectivity index (χ4v) is 1.53. The minimum Gasteiger partial charge on any atom is -0.379 e. The molecule has 0 aromatic rings. The van der Waals surface area contributed by atoms with Crippen LogP contribution in [0.1, 0.15) is 42.0 Å². The predicted molar refractivity (Wildman–Crippen MR) is 101 cm³/mol. The molecule has 0 aliphatic heterocycles. The zero-order chi connectivity index (χ0) is 19.0. The molecule has 0 spiro atoms. The Hall–Kier alpha value is -0.730. The van der Waals surface area contributed by atoms with Gasteiger partial charge >= 0.3 is 0 Å². The van der Waals surface area contributed by atoms with Gasteiger partial charge < -0.3 is 29.0 Å². The number of ether oxygens (including phenoxy) is 5. The molecule has 0 rings (SSSR count). The Balaban J connectivity index is -0.00000170. The number of carbonyl (C=O) groups excluding carboxylic acids is 1. The Labute approximate surface area is 155 Å². The van der Waals surface area contributed by atoms with E-state index in [4.69, 9.17) is 23.7 Å². The summed E-state index contributed by atoms with van der Waals surface area (Å²) in [7, 11) is 0. The Morgan fingerprint density at radius 2 is 1.28 bits per heavy atom. The zero-order valence-electron chi connectivity index (χ0n) is 16.6. The third-order valence-electron chi connectivity index (χ3n) is 2.76. The van der Waals surface area contributed by atoms with Crippen LogP contribution in [-0.4, -0.2) is 78.5 Å². The molecule has 0 unspecified atom stereocenters. The highest BCUT2D eigenvalue weighted by molar-refractivity contribution is 5.77. The largest absolute Gasteiger partial charge is 0.379 e. The Morgan fingerprint density at radius 1 is 0.760 bits per heavy atom. The minimum atomic E-state index is -0.151. The van der Waals surface area contributed by atoms with Gasteiger partial charge in [-0.05, 0) is 13.3 Å². The van der Waals surface area contributed by atoms with E-state index in [0.29, 0.717) is 59.4 Å². The number of rotatable bonds is 18. The molecule has 0 aromatic heterocycles. The van der Waals surface area contributed by atoms with Crippen LogP contribution in [0.2, 0.25) is 0 Å². The molecule has 0 saturated carbocycles. The van der Waals surface area contributed by atoms with Crippen LogP contribution < -0.4 is 5.32 Å². The molecule has 7 heteroatoms. The maximum absolute atomic E-state index is 11.4. The Kier molecular flexibility index (Phi) is 27.0. The standard InChI is InChI=1S/C16H33NO6.C2H6.H2/c1-3-5-7-20-11-12-21-8-6-17-16(18)15-23-14-13-22-10-9-19-4-2;1-2;/h3-15H2,1-2H3,(H,17,18);1-2H3;1H. The van der Waals surface area contributed by atoms with E-state index in [1.165, 1.54) is 0 Å². The van der Waals surface area contributed by atoms with Crippen LogP contribution in [0, 0.1) is 0 Å². The molecule has 0 saturated heterocycles. The van der Waals surface area contributed by atoms with E-state index in [9.17, 15) is 4.79 Å². The van der Waals surface area contributed by atoms with Crippen molar-refractivity contribution in [1.29, 1.82) is 0 Å². The molecule has 1 amide bonds. The van der Waals surface area contributed by atoms with E-state index in [0.717, 1.165) is 19.4 Å². The summed E-state index contributed by atoms with van der Waals surface area (Å²) in [5, 5.41) is 2.72. The van der Waals surface area contributed by atoms with Gasteiger partial charge in [0.25, 0.3) is 0 Å². The summed E-state index contributed by atoms with van der Waals surface area (Å²) in [6.07, 6.45) is 2.21. The lowest BCUT2D eigenvalue weighted by Gasteiger charge is -2.08. The Morgan fingerprint density at radius 3 is 1.88 bits per heavy atom.